The van der Waals surface area contributed by atoms with E-state index in [0.717, 1.165) is 19.3 Å². The van der Waals surface area contributed by atoms with Crippen LogP contribution in [0.5, 0.6) is 0 Å². The van der Waals surface area contributed by atoms with Gasteiger partial charge in [-0.25, -0.2) is 4.79 Å². The van der Waals surface area contributed by atoms with Gasteiger partial charge >= 0.3 is 5.69 Å². The lowest BCUT2D eigenvalue weighted by atomic mass is 10.1. The Kier molecular flexibility index (Phi) is 5.43. The monoisotopic (exact) mass is 334 g/mol. The molecule has 2 rings (SSSR count). The van der Waals surface area contributed by atoms with Gasteiger partial charge in [0.1, 0.15) is 11.0 Å². The lowest BCUT2D eigenvalue weighted by Crippen LogP contribution is -2.41. The Morgan fingerprint density at radius 2 is 1.88 bits per heavy atom. The van der Waals surface area contributed by atoms with Gasteiger partial charge < -0.3 is 9.88 Å². The van der Waals surface area contributed by atoms with Gasteiger partial charge in [-0.05, 0) is 40.8 Å². The molecular weight excluding hydrogens is 308 g/mol. The lowest BCUT2D eigenvalue weighted by Gasteiger charge is -2.19. The van der Waals surface area contributed by atoms with Crippen LogP contribution in [-0.2, 0) is 13.6 Å². The highest BCUT2D eigenvalue weighted by Crippen LogP contribution is 2.06. The number of hydrogen-bond acceptors (Lipinski definition) is 4. The number of fused-ring (bicyclic) bond motifs is 1. The van der Waals surface area contributed by atoms with Crippen LogP contribution < -0.4 is 16.7 Å². The maximum Gasteiger partial charge on any atom is 0.332 e. The highest BCUT2D eigenvalue weighted by molar-refractivity contribution is 5.73. The molecule has 0 aliphatic heterocycles. The standard InChI is InChI=1S/C17H26N4O3/c1-11-10-13(22)14-15(18-11)20(5)17(24)21(16(14)23)9-7-6-8-12(2)19(3)4/h10,12H,6-9H2,1-5H3,(H,18,22). The van der Waals surface area contributed by atoms with Gasteiger partial charge in [0.15, 0.2) is 5.43 Å². The Hall–Kier alpha value is -2.15. The second-order valence-corrected chi connectivity index (χ2v) is 6.65. The van der Waals surface area contributed by atoms with Crippen LogP contribution in [0.25, 0.3) is 11.0 Å². The largest absolute Gasteiger partial charge is 0.344 e. The van der Waals surface area contributed by atoms with E-state index in [4.69, 9.17) is 0 Å². The van der Waals surface area contributed by atoms with Crippen molar-refractivity contribution in [2.24, 2.45) is 7.05 Å². The molecule has 2 aromatic rings. The van der Waals surface area contributed by atoms with Gasteiger partial charge in [-0.1, -0.05) is 6.42 Å². The predicted octanol–water partition coefficient (Wildman–Crippen LogP) is 0.817. The third-order valence-corrected chi connectivity index (χ3v) is 4.59. The van der Waals surface area contributed by atoms with Crippen molar-refractivity contribution in [3.8, 4) is 0 Å². The molecule has 0 aliphatic carbocycles. The van der Waals surface area contributed by atoms with E-state index in [0.29, 0.717) is 18.3 Å². The van der Waals surface area contributed by atoms with Crippen LogP contribution in [0.15, 0.2) is 20.4 Å². The molecule has 24 heavy (non-hydrogen) atoms. The normalized spacial score (nSPS) is 12.9. The highest BCUT2D eigenvalue weighted by Gasteiger charge is 2.14. The Balaban J connectivity index is 2.34. The summed E-state index contributed by atoms with van der Waals surface area (Å²) in [6.07, 6.45) is 2.63. The number of unbranched alkanes of at least 4 members (excludes halogenated alkanes) is 1. The van der Waals surface area contributed by atoms with Gasteiger partial charge in [0.05, 0.1) is 0 Å². The smallest absolute Gasteiger partial charge is 0.332 e. The maximum atomic E-state index is 12.6. The zero-order chi connectivity index (χ0) is 18.0. The van der Waals surface area contributed by atoms with Crippen LogP contribution in [-0.4, -0.2) is 39.2 Å². The quantitative estimate of drug-likeness (QED) is 0.793. The number of rotatable bonds is 6. The van der Waals surface area contributed by atoms with E-state index < -0.39 is 11.2 Å². The van der Waals surface area contributed by atoms with Crippen LogP contribution in [0.3, 0.4) is 0 Å². The third kappa shape index (κ3) is 3.51. The van der Waals surface area contributed by atoms with Crippen molar-refractivity contribution in [1.29, 1.82) is 0 Å². The van der Waals surface area contributed by atoms with E-state index >= 15 is 0 Å². The van der Waals surface area contributed by atoms with E-state index in [2.05, 4.69) is 16.8 Å². The van der Waals surface area contributed by atoms with Crippen LogP contribution in [0.1, 0.15) is 31.9 Å². The molecule has 7 nitrogen and oxygen atoms in total. The SMILES string of the molecule is Cc1cc(=O)c2c(=O)n(CCCCC(C)N(C)C)c(=O)n(C)c2[nH]1. The van der Waals surface area contributed by atoms with E-state index in [1.54, 1.807) is 14.0 Å². The summed E-state index contributed by atoms with van der Waals surface area (Å²) in [6.45, 7) is 4.20. The number of hydrogen-bond donors (Lipinski definition) is 1. The number of aromatic amines is 1. The van der Waals surface area contributed by atoms with Crippen molar-refractivity contribution in [1.82, 2.24) is 19.0 Å². The fourth-order valence-corrected chi connectivity index (χ4v) is 2.79. The van der Waals surface area contributed by atoms with Gasteiger partial charge in [-0.3, -0.25) is 18.7 Å². The first-order valence-corrected chi connectivity index (χ1v) is 8.24. The van der Waals surface area contributed by atoms with Crippen molar-refractivity contribution in [2.75, 3.05) is 14.1 Å². The molecule has 0 saturated carbocycles. The molecule has 132 valence electrons. The van der Waals surface area contributed by atoms with E-state index in [9.17, 15) is 14.4 Å². The fourth-order valence-electron chi connectivity index (χ4n) is 2.79. The third-order valence-electron chi connectivity index (χ3n) is 4.59. The summed E-state index contributed by atoms with van der Waals surface area (Å²) in [5, 5.41) is 0.0457. The molecule has 1 atom stereocenters. The fraction of sp³-hybridized carbons (Fsp3) is 0.588. The second kappa shape index (κ2) is 7.17. The number of nitrogens with one attached hydrogen (secondary N) is 1. The summed E-state index contributed by atoms with van der Waals surface area (Å²) in [7, 11) is 5.63. The topological polar surface area (TPSA) is 80.1 Å². The molecule has 7 heteroatoms. The van der Waals surface area contributed by atoms with Gasteiger partial charge in [0.25, 0.3) is 5.56 Å². The minimum Gasteiger partial charge on any atom is -0.344 e. The summed E-state index contributed by atoms with van der Waals surface area (Å²) in [5.74, 6) is 0. The number of aryl methyl sites for hydroxylation is 2. The average Bonchev–Trinajstić information content (AvgIpc) is 2.50. The zero-order valence-corrected chi connectivity index (χ0v) is 15.0. The van der Waals surface area contributed by atoms with Gasteiger partial charge in [0, 0.05) is 31.4 Å². The molecule has 0 fully saturated rings. The molecule has 1 unspecified atom stereocenters. The molecule has 0 aromatic carbocycles. The van der Waals surface area contributed by atoms with Gasteiger partial charge in [-0.15, -0.1) is 0 Å². The predicted molar refractivity (Wildman–Crippen MR) is 95.8 cm³/mol. The minimum absolute atomic E-state index is 0.0457. The summed E-state index contributed by atoms with van der Waals surface area (Å²) >= 11 is 0. The number of H-pyrrole nitrogens is 1. The molecule has 2 aromatic heterocycles. The summed E-state index contributed by atoms with van der Waals surface area (Å²) in [6, 6.07) is 1.84. The minimum atomic E-state index is -0.505. The zero-order valence-electron chi connectivity index (χ0n) is 15.0. The molecule has 0 radical (unpaired) electrons. The molecule has 0 spiro atoms. The second-order valence-electron chi connectivity index (χ2n) is 6.65. The van der Waals surface area contributed by atoms with Crippen molar-refractivity contribution in [3.63, 3.8) is 0 Å². The molecule has 0 saturated heterocycles. The highest BCUT2D eigenvalue weighted by atomic mass is 16.2. The Morgan fingerprint density at radius 1 is 1.21 bits per heavy atom. The number of aromatic nitrogens is 3. The molecule has 0 aliphatic rings. The Bertz CT molecular complexity index is 905. The van der Waals surface area contributed by atoms with Crippen molar-refractivity contribution < 1.29 is 0 Å². The van der Waals surface area contributed by atoms with Crippen molar-refractivity contribution >= 4 is 11.0 Å². The van der Waals surface area contributed by atoms with Crippen LogP contribution in [0.4, 0.5) is 0 Å². The first-order valence-electron chi connectivity index (χ1n) is 8.24. The van der Waals surface area contributed by atoms with Crippen molar-refractivity contribution in [2.45, 2.75) is 45.7 Å². The summed E-state index contributed by atoms with van der Waals surface area (Å²) in [4.78, 5) is 42.3. The molecular formula is C17H26N4O3. The van der Waals surface area contributed by atoms with Crippen LogP contribution in [0, 0.1) is 6.92 Å². The van der Waals surface area contributed by atoms with Crippen molar-refractivity contribution in [3.05, 3.63) is 42.8 Å². The first kappa shape index (κ1) is 18.2. The Labute approximate surface area is 140 Å². The molecule has 2 heterocycles. The van der Waals surface area contributed by atoms with Gasteiger partial charge in [0.2, 0.25) is 0 Å². The number of nitrogens with zero attached hydrogens (tertiary/aromatic N) is 3. The summed E-state index contributed by atoms with van der Waals surface area (Å²) in [5.41, 5.74) is -0.342. The van der Waals surface area contributed by atoms with Crippen LogP contribution >= 0.6 is 0 Å². The summed E-state index contributed by atoms with van der Waals surface area (Å²) < 4.78 is 2.51. The van der Waals surface area contributed by atoms with E-state index in [1.807, 2.05) is 14.1 Å². The maximum absolute atomic E-state index is 12.6. The molecule has 0 bridgehead atoms. The van der Waals surface area contributed by atoms with E-state index in [1.165, 1.54) is 15.2 Å². The van der Waals surface area contributed by atoms with Crippen LogP contribution in [0.2, 0.25) is 0 Å². The lowest BCUT2D eigenvalue weighted by molar-refractivity contribution is 0.290. The molecule has 0 amide bonds. The molecule has 1 N–H and O–H groups in total. The average molecular weight is 334 g/mol. The Morgan fingerprint density at radius 3 is 2.50 bits per heavy atom. The first-order chi connectivity index (χ1) is 11.2. The van der Waals surface area contributed by atoms with E-state index in [-0.39, 0.29) is 16.5 Å². The van der Waals surface area contributed by atoms with Gasteiger partial charge in [-0.2, -0.15) is 0 Å². The number of pyridine rings is 1.